The summed E-state index contributed by atoms with van der Waals surface area (Å²) in [7, 11) is 0. The monoisotopic (exact) mass is 467 g/mol. The summed E-state index contributed by atoms with van der Waals surface area (Å²) in [6.07, 6.45) is 1.43. The number of urea groups is 1. The largest absolute Gasteiger partial charge is 0.490 e. The van der Waals surface area contributed by atoms with Crippen LogP contribution in [0.1, 0.15) is 21.8 Å². The molecule has 1 fully saturated rings. The van der Waals surface area contributed by atoms with E-state index >= 15 is 0 Å². The molecule has 2 aromatic carbocycles. The van der Waals surface area contributed by atoms with Gasteiger partial charge in [-0.1, -0.05) is 0 Å². The van der Waals surface area contributed by atoms with E-state index in [1.165, 1.54) is 6.20 Å². The Morgan fingerprint density at radius 2 is 1.76 bits per heavy atom. The van der Waals surface area contributed by atoms with E-state index in [0.29, 0.717) is 17.1 Å². The van der Waals surface area contributed by atoms with Gasteiger partial charge < -0.3 is 14.8 Å². The second kappa shape index (κ2) is 8.60. The first kappa shape index (κ1) is 21.6. The van der Waals surface area contributed by atoms with Crippen molar-refractivity contribution in [3.8, 4) is 17.2 Å². The van der Waals surface area contributed by atoms with E-state index in [-0.39, 0.29) is 41.6 Å². The van der Waals surface area contributed by atoms with Crippen LogP contribution in [0.2, 0.25) is 0 Å². The molecule has 5 rings (SSSR count). The van der Waals surface area contributed by atoms with Crippen LogP contribution < -0.4 is 31.4 Å². The third-order valence-corrected chi connectivity index (χ3v) is 5.78. The van der Waals surface area contributed by atoms with Crippen molar-refractivity contribution < 1.29 is 27.8 Å². The number of pyridine rings is 1. The van der Waals surface area contributed by atoms with Crippen LogP contribution in [-0.2, 0) is 0 Å². The number of carbonyl (C=O) groups is 2. The summed E-state index contributed by atoms with van der Waals surface area (Å²) in [6.45, 7) is 0.200. The summed E-state index contributed by atoms with van der Waals surface area (Å²) in [5.74, 6) is 4.15. The van der Waals surface area contributed by atoms with Gasteiger partial charge >= 0.3 is 6.03 Å². The number of hydrogen-bond donors (Lipinski definition) is 4. The number of halogens is 2. The average Bonchev–Trinajstić information content (AvgIpc) is 3.54. The summed E-state index contributed by atoms with van der Waals surface area (Å²) in [5.41, 5.74) is 2.59. The maximum absolute atomic E-state index is 14.2. The summed E-state index contributed by atoms with van der Waals surface area (Å²) in [6, 6.07) is 10.7. The van der Waals surface area contributed by atoms with Gasteiger partial charge in [-0.2, -0.15) is 0 Å². The number of nitrogen functional groups attached to an aromatic ring is 1. The molecule has 2 heterocycles. The minimum Gasteiger partial charge on any atom is -0.490 e. The molecule has 1 aliphatic heterocycles. The van der Waals surface area contributed by atoms with E-state index < -0.39 is 23.6 Å². The Hall–Kier alpha value is -4.25. The Labute approximate surface area is 192 Å². The van der Waals surface area contributed by atoms with Crippen molar-refractivity contribution in [3.05, 3.63) is 77.5 Å². The molecule has 0 saturated heterocycles. The van der Waals surface area contributed by atoms with Crippen molar-refractivity contribution >= 4 is 17.8 Å². The van der Waals surface area contributed by atoms with Crippen LogP contribution >= 0.6 is 0 Å². The minimum atomic E-state index is -0.617. The summed E-state index contributed by atoms with van der Waals surface area (Å²) in [5, 5.41) is 5.38. The normalized spacial score (nSPS) is 19.7. The summed E-state index contributed by atoms with van der Waals surface area (Å²) < 4.78 is 39.2. The number of nitrogens with one attached hydrogen (secondary N) is 3. The van der Waals surface area contributed by atoms with Gasteiger partial charge in [0.05, 0.1) is 12.8 Å². The predicted octanol–water partition coefficient (Wildman–Crippen LogP) is 3.05. The highest BCUT2D eigenvalue weighted by Gasteiger charge is 2.57. The van der Waals surface area contributed by atoms with Crippen molar-refractivity contribution in [2.24, 2.45) is 11.8 Å². The summed E-state index contributed by atoms with van der Waals surface area (Å²) >= 11 is 0. The van der Waals surface area contributed by atoms with Gasteiger partial charge in [0.25, 0.3) is 5.91 Å². The Kier molecular flexibility index (Phi) is 5.46. The van der Waals surface area contributed by atoms with Crippen LogP contribution in [-0.4, -0.2) is 29.6 Å². The van der Waals surface area contributed by atoms with Gasteiger partial charge in [-0.3, -0.25) is 15.5 Å². The molecule has 3 amide bonds. The lowest BCUT2D eigenvalue weighted by Gasteiger charge is -2.16. The van der Waals surface area contributed by atoms with Crippen molar-refractivity contribution in [1.82, 2.24) is 15.7 Å². The molecule has 0 radical (unpaired) electrons. The smallest absolute Gasteiger partial charge is 0.320 e. The number of benzene rings is 2. The molecule has 1 aliphatic carbocycles. The number of anilines is 1. The SMILES string of the molecule is NNC(=O)c1ccc(Oc2ccc(NC(=O)N[C@@H]3[C@@H]4COc5c(F)ccc(F)c5[C@H]43)nc2)cc1. The van der Waals surface area contributed by atoms with E-state index in [4.69, 9.17) is 15.3 Å². The first-order valence-corrected chi connectivity index (χ1v) is 10.4. The number of fused-ring (bicyclic) bond motifs is 3. The molecular weight excluding hydrogens is 448 g/mol. The lowest BCUT2D eigenvalue weighted by atomic mass is 10.0. The standard InChI is InChI=1S/C23H19F2N5O4/c24-15-6-7-16(25)21-19(15)18-14(10-33-21)20(18)29-23(32)28-17-8-5-13(9-27-17)34-12-3-1-11(2-4-12)22(31)30-26/h1-9,14,18,20H,10,26H2,(H,30,31)(H2,27,28,29,32)/t14-,18+,20-/m1/s1. The average molecular weight is 467 g/mol. The van der Waals surface area contributed by atoms with Gasteiger partial charge in [0, 0.05) is 29.0 Å². The van der Waals surface area contributed by atoms with Gasteiger partial charge in [0.1, 0.15) is 23.1 Å². The quantitative estimate of drug-likeness (QED) is 0.260. The maximum atomic E-state index is 14.2. The molecule has 174 valence electrons. The molecule has 0 bridgehead atoms. The third kappa shape index (κ3) is 4.08. The number of hydrazine groups is 1. The van der Waals surface area contributed by atoms with Gasteiger partial charge in [0.15, 0.2) is 11.6 Å². The lowest BCUT2D eigenvalue weighted by molar-refractivity contribution is 0.0953. The van der Waals surface area contributed by atoms with Gasteiger partial charge in [0.2, 0.25) is 0 Å². The third-order valence-electron chi connectivity index (χ3n) is 5.78. The molecule has 11 heteroatoms. The van der Waals surface area contributed by atoms with Crippen molar-refractivity contribution in [2.75, 3.05) is 11.9 Å². The topological polar surface area (TPSA) is 128 Å². The van der Waals surface area contributed by atoms with E-state index in [2.05, 4.69) is 15.6 Å². The Bertz CT molecular complexity index is 1250. The molecule has 9 nitrogen and oxygen atoms in total. The van der Waals surface area contributed by atoms with E-state index in [1.54, 1.807) is 36.4 Å². The molecule has 34 heavy (non-hydrogen) atoms. The predicted molar refractivity (Wildman–Crippen MR) is 116 cm³/mol. The Morgan fingerprint density at radius 3 is 2.47 bits per heavy atom. The van der Waals surface area contributed by atoms with Crippen molar-refractivity contribution in [3.63, 3.8) is 0 Å². The first-order valence-electron chi connectivity index (χ1n) is 10.4. The van der Waals surface area contributed by atoms with Crippen molar-refractivity contribution in [1.29, 1.82) is 0 Å². The second-order valence-electron chi connectivity index (χ2n) is 7.88. The van der Waals surface area contributed by atoms with E-state index in [1.807, 2.05) is 5.43 Å². The van der Waals surface area contributed by atoms with E-state index in [9.17, 15) is 18.4 Å². The van der Waals surface area contributed by atoms with Crippen LogP contribution in [0.25, 0.3) is 0 Å². The zero-order chi connectivity index (χ0) is 23.8. The van der Waals surface area contributed by atoms with Gasteiger partial charge in [-0.25, -0.2) is 24.4 Å². The molecule has 0 spiro atoms. The Morgan fingerprint density at radius 1 is 1.03 bits per heavy atom. The lowest BCUT2D eigenvalue weighted by Crippen LogP contribution is -2.32. The summed E-state index contributed by atoms with van der Waals surface area (Å²) in [4.78, 5) is 28.0. The van der Waals surface area contributed by atoms with Crippen LogP contribution in [0.3, 0.4) is 0 Å². The molecule has 1 saturated carbocycles. The zero-order valence-corrected chi connectivity index (χ0v) is 17.5. The minimum absolute atomic E-state index is 0.0829. The fourth-order valence-corrected chi connectivity index (χ4v) is 4.07. The number of aromatic nitrogens is 1. The second-order valence-corrected chi connectivity index (χ2v) is 7.88. The number of nitrogens with two attached hydrogens (primary N) is 1. The number of ether oxygens (including phenoxy) is 2. The highest BCUT2D eigenvalue weighted by Crippen LogP contribution is 2.55. The number of amides is 3. The fourth-order valence-electron chi connectivity index (χ4n) is 4.07. The molecule has 3 atom stereocenters. The molecule has 5 N–H and O–H groups in total. The molecule has 2 aliphatic rings. The van der Waals surface area contributed by atoms with Crippen LogP contribution in [0.4, 0.5) is 19.4 Å². The van der Waals surface area contributed by atoms with Crippen LogP contribution in [0.5, 0.6) is 17.2 Å². The van der Waals surface area contributed by atoms with Crippen LogP contribution in [0, 0.1) is 17.6 Å². The Balaban J connectivity index is 1.17. The maximum Gasteiger partial charge on any atom is 0.320 e. The fraction of sp³-hybridized carbons (Fsp3) is 0.174. The molecule has 1 aromatic heterocycles. The van der Waals surface area contributed by atoms with Gasteiger partial charge in [-0.15, -0.1) is 0 Å². The highest BCUT2D eigenvalue weighted by molar-refractivity contribution is 5.93. The van der Waals surface area contributed by atoms with E-state index in [0.717, 1.165) is 12.1 Å². The first-order chi connectivity index (χ1) is 16.4. The van der Waals surface area contributed by atoms with Crippen molar-refractivity contribution in [2.45, 2.75) is 12.0 Å². The number of carbonyl (C=O) groups excluding carboxylic acids is 2. The molecule has 0 unspecified atom stereocenters. The highest BCUT2D eigenvalue weighted by atomic mass is 19.1. The number of nitrogens with zero attached hydrogens (tertiary/aromatic N) is 1. The van der Waals surface area contributed by atoms with Gasteiger partial charge in [-0.05, 0) is 48.5 Å². The molecular formula is C23H19F2N5O4. The van der Waals surface area contributed by atoms with Crippen LogP contribution in [0.15, 0.2) is 54.7 Å². The number of hydrogen-bond acceptors (Lipinski definition) is 6. The zero-order valence-electron chi connectivity index (χ0n) is 17.5. The molecule has 3 aromatic rings. The number of rotatable bonds is 5.